The van der Waals surface area contributed by atoms with Crippen molar-refractivity contribution >= 4 is 17.5 Å². The molecule has 0 heterocycles. The van der Waals surface area contributed by atoms with Crippen LogP contribution in [0.5, 0.6) is 0 Å². The van der Waals surface area contributed by atoms with Crippen LogP contribution in [0.25, 0.3) is 0 Å². The van der Waals surface area contributed by atoms with Crippen molar-refractivity contribution in [2.75, 3.05) is 18.4 Å². The number of hydrogen-bond donors (Lipinski definition) is 1. The Balaban J connectivity index is 2.66. The van der Waals surface area contributed by atoms with E-state index in [0.717, 1.165) is 31.4 Å². The third-order valence-corrected chi connectivity index (χ3v) is 3.29. The number of carbonyl (C=O) groups is 2. The zero-order valence-corrected chi connectivity index (χ0v) is 13.2. The molecule has 0 aliphatic heterocycles. The fourth-order valence-corrected chi connectivity index (χ4v) is 2.05. The van der Waals surface area contributed by atoms with Crippen LogP contribution in [0.15, 0.2) is 24.3 Å². The van der Waals surface area contributed by atoms with Gasteiger partial charge in [0.2, 0.25) is 11.8 Å². The van der Waals surface area contributed by atoms with E-state index in [2.05, 4.69) is 5.32 Å². The minimum absolute atomic E-state index is 0.0573. The number of anilines is 1. The predicted octanol–water partition coefficient (Wildman–Crippen LogP) is 3.68. The van der Waals surface area contributed by atoms with Crippen LogP contribution >= 0.6 is 0 Å². The maximum Gasteiger partial charge on any atom is 0.416 e. The van der Waals surface area contributed by atoms with Gasteiger partial charge in [-0.1, -0.05) is 25.8 Å². The first-order valence-electron chi connectivity index (χ1n) is 7.46. The quantitative estimate of drug-likeness (QED) is 0.775. The molecule has 0 saturated heterocycles. The van der Waals surface area contributed by atoms with E-state index in [0.29, 0.717) is 6.54 Å². The van der Waals surface area contributed by atoms with Gasteiger partial charge in [-0.3, -0.25) is 9.59 Å². The number of unbranched alkanes of at least 4 members (excludes halogenated alkanes) is 2. The molecule has 23 heavy (non-hydrogen) atoms. The highest BCUT2D eigenvalue weighted by Crippen LogP contribution is 2.30. The van der Waals surface area contributed by atoms with Gasteiger partial charge in [-0.05, 0) is 24.6 Å². The van der Waals surface area contributed by atoms with E-state index >= 15 is 0 Å². The molecule has 0 saturated carbocycles. The Kier molecular flexibility index (Phi) is 7.06. The Labute approximate surface area is 133 Å². The van der Waals surface area contributed by atoms with Gasteiger partial charge in [0.15, 0.2) is 0 Å². The fraction of sp³-hybridized carbons (Fsp3) is 0.500. The minimum Gasteiger partial charge on any atom is -0.334 e. The highest BCUT2D eigenvalue weighted by atomic mass is 19.4. The maximum atomic E-state index is 12.6. The van der Waals surface area contributed by atoms with Crippen LogP contribution in [-0.2, 0) is 15.8 Å². The molecule has 1 rings (SSSR count). The van der Waals surface area contributed by atoms with Crippen LogP contribution < -0.4 is 5.32 Å². The van der Waals surface area contributed by atoms with Crippen molar-refractivity contribution in [2.45, 2.75) is 39.3 Å². The van der Waals surface area contributed by atoms with Crippen LogP contribution in [0.3, 0.4) is 0 Å². The number of benzene rings is 1. The van der Waals surface area contributed by atoms with E-state index < -0.39 is 17.6 Å². The first-order chi connectivity index (χ1) is 10.7. The first kappa shape index (κ1) is 19.0. The van der Waals surface area contributed by atoms with Gasteiger partial charge in [-0.25, -0.2) is 0 Å². The van der Waals surface area contributed by atoms with Crippen LogP contribution in [0.2, 0.25) is 0 Å². The molecule has 4 nitrogen and oxygen atoms in total. The van der Waals surface area contributed by atoms with Gasteiger partial charge in [0, 0.05) is 19.2 Å². The molecule has 0 aromatic heterocycles. The number of nitrogens with zero attached hydrogens (tertiary/aromatic N) is 1. The summed E-state index contributed by atoms with van der Waals surface area (Å²) in [4.78, 5) is 24.8. The van der Waals surface area contributed by atoms with Gasteiger partial charge in [-0.2, -0.15) is 13.2 Å². The Morgan fingerprint density at radius 3 is 2.48 bits per heavy atom. The molecule has 0 fully saturated rings. The lowest BCUT2D eigenvalue weighted by Gasteiger charge is -2.20. The summed E-state index contributed by atoms with van der Waals surface area (Å²) in [5.74, 6) is -0.753. The third-order valence-electron chi connectivity index (χ3n) is 3.29. The number of amides is 2. The minimum atomic E-state index is -4.47. The molecule has 128 valence electrons. The lowest BCUT2D eigenvalue weighted by Crippen LogP contribution is -2.37. The highest BCUT2D eigenvalue weighted by molar-refractivity contribution is 5.94. The zero-order valence-electron chi connectivity index (χ0n) is 13.2. The van der Waals surface area contributed by atoms with E-state index in [9.17, 15) is 22.8 Å². The number of rotatable bonds is 7. The van der Waals surface area contributed by atoms with E-state index in [1.54, 1.807) is 0 Å². The molecule has 0 unspecified atom stereocenters. The molecule has 1 aromatic rings. The van der Waals surface area contributed by atoms with Crippen molar-refractivity contribution in [2.24, 2.45) is 0 Å². The second-order valence-corrected chi connectivity index (χ2v) is 5.27. The highest BCUT2D eigenvalue weighted by Gasteiger charge is 2.30. The predicted molar refractivity (Wildman–Crippen MR) is 81.9 cm³/mol. The monoisotopic (exact) mass is 330 g/mol. The second-order valence-electron chi connectivity index (χ2n) is 5.27. The molecule has 1 N–H and O–H groups in total. The Bertz CT molecular complexity index is 544. The molecule has 0 aliphatic rings. The number of alkyl halides is 3. The van der Waals surface area contributed by atoms with Crippen LogP contribution in [0.1, 0.15) is 38.7 Å². The number of nitrogens with one attached hydrogen (secondary N) is 1. The molecular formula is C16H21F3N2O2. The fourth-order valence-electron chi connectivity index (χ4n) is 2.05. The topological polar surface area (TPSA) is 49.4 Å². The van der Waals surface area contributed by atoms with E-state index in [4.69, 9.17) is 0 Å². The van der Waals surface area contributed by atoms with Crippen LogP contribution in [0.4, 0.5) is 18.9 Å². The third kappa shape index (κ3) is 6.71. The molecule has 0 spiro atoms. The van der Waals surface area contributed by atoms with Gasteiger partial charge < -0.3 is 10.2 Å². The smallest absolute Gasteiger partial charge is 0.334 e. The Hall–Kier alpha value is -2.05. The molecule has 0 bridgehead atoms. The van der Waals surface area contributed by atoms with Crippen molar-refractivity contribution < 1.29 is 22.8 Å². The molecule has 2 amide bonds. The van der Waals surface area contributed by atoms with Crippen molar-refractivity contribution in [3.63, 3.8) is 0 Å². The summed E-state index contributed by atoms with van der Waals surface area (Å²) < 4.78 is 37.9. The summed E-state index contributed by atoms with van der Waals surface area (Å²) in [5, 5.41) is 2.40. The molecule has 0 aliphatic carbocycles. The van der Waals surface area contributed by atoms with Crippen molar-refractivity contribution in [1.29, 1.82) is 0 Å². The Morgan fingerprint density at radius 2 is 1.91 bits per heavy atom. The second kappa shape index (κ2) is 8.55. The first-order valence-corrected chi connectivity index (χ1v) is 7.46. The average Bonchev–Trinajstić information content (AvgIpc) is 2.45. The molecular weight excluding hydrogens is 309 g/mol. The zero-order chi connectivity index (χ0) is 17.5. The lowest BCUT2D eigenvalue weighted by molar-refractivity contribution is -0.137. The lowest BCUT2D eigenvalue weighted by atomic mass is 10.2. The van der Waals surface area contributed by atoms with Gasteiger partial charge in [-0.15, -0.1) is 0 Å². The summed E-state index contributed by atoms with van der Waals surface area (Å²) in [6.07, 6.45) is -1.75. The van der Waals surface area contributed by atoms with Crippen molar-refractivity contribution in [1.82, 2.24) is 4.90 Å². The average molecular weight is 330 g/mol. The number of halogens is 3. The molecule has 1 aromatic carbocycles. The molecule has 0 atom stereocenters. The summed E-state index contributed by atoms with van der Waals surface area (Å²) in [5.41, 5.74) is -0.774. The van der Waals surface area contributed by atoms with E-state index in [1.165, 1.54) is 24.0 Å². The van der Waals surface area contributed by atoms with E-state index in [-0.39, 0.29) is 18.1 Å². The number of carbonyl (C=O) groups excluding carboxylic acids is 2. The normalized spacial score (nSPS) is 11.2. The molecule has 7 heteroatoms. The largest absolute Gasteiger partial charge is 0.416 e. The van der Waals surface area contributed by atoms with Gasteiger partial charge in [0.25, 0.3) is 0 Å². The van der Waals surface area contributed by atoms with E-state index in [1.807, 2.05) is 6.92 Å². The molecule has 0 radical (unpaired) electrons. The van der Waals surface area contributed by atoms with Crippen LogP contribution in [0, 0.1) is 0 Å². The van der Waals surface area contributed by atoms with Crippen molar-refractivity contribution in [3.8, 4) is 0 Å². The Morgan fingerprint density at radius 1 is 1.22 bits per heavy atom. The number of hydrogen-bond acceptors (Lipinski definition) is 2. The summed E-state index contributed by atoms with van der Waals surface area (Å²) in [6, 6.07) is 4.40. The SMILES string of the molecule is CCCCCN(CC(=O)Nc1cccc(C(F)(F)F)c1)C(C)=O. The van der Waals surface area contributed by atoms with Gasteiger partial charge >= 0.3 is 6.18 Å². The summed E-state index contributed by atoms with van der Waals surface area (Å²) in [6.45, 7) is 3.68. The van der Waals surface area contributed by atoms with Gasteiger partial charge in [0.05, 0.1) is 12.1 Å². The standard InChI is InChI=1S/C16H21F3N2O2/c1-3-4-5-9-21(12(2)22)11-15(23)20-14-8-6-7-13(10-14)16(17,18)19/h6-8,10H,3-5,9,11H2,1-2H3,(H,20,23). The summed E-state index contributed by atoms with van der Waals surface area (Å²) >= 11 is 0. The summed E-state index contributed by atoms with van der Waals surface area (Å²) in [7, 11) is 0. The van der Waals surface area contributed by atoms with Crippen LogP contribution in [-0.4, -0.2) is 29.8 Å². The van der Waals surface area contributed by atoms with Crippen molar-refractivity contribution in [3.05, 3.63) is 29.8 Å². The maximum absolute atomic E-state index is 12.6. The van der Waals surface area contributed by atoms with Gasteiger partial charge in [0.1, 0.15) is 0 Å².